The Labute approximate surface area is 141 Å². The number of nitrogens with one attached hydrogen (secondary N) is 1. The van der Waals surface area contributed by atoms with Gasteiger partial charge in [0, 0.05) is 18.7 Å². The number of aliphatic hydroxyl groups is 1. The molecule has 0 spiro atoms. The Bertz CT molecular complexity index is 617. The maximum absolute atomic E-state index is 10.6. The molecule has 0 amide bonds. The van der Waals surface area contributed by atoms with Gasteiger partial charge in [0.2, 0.25) is 0 Å². The summed E-state index contributed by atoms with van der Waals surface area (Å²) in [5.41, 5.74) is 1.17. The van der Waals surface area contributed by atoms with E-state index in [-0.39, 0.29) is 12.3 Å². The molecule has 0 radical (unpaired) electrons. The van der Waals surface area contributed by atoms with Crippen molar-refractivity contribution in [2.75, 3.05) is 19.7 Å². The van der Waals surface area contributed by atoms with Crippen LogP contribution in [0, 0.1) is 10.1 Å². The Balaban J connectivity index is 1.56. The number of benzene rings is 2. The molecule has 2 aromatic carbocycles. The molecule has 0 saturated heterocycles. The largest absolute Gasteiger partial charge is 0.491 e. The van der Waals surface area contributed by atoms with E-state index in [0.29, 0.717) is 6.54 Å². The molecule has 1 unspecified atom stereocenters. The molecular weight excluding hydrogens is 308 g/mol. The summed E-state index contributed by atoms with van der Waals surface area (Å²) in [5.74, 6) is 0.745. The van der Waals surface area contributed by atoms with Crippen molar-refractivity contribution in [3.05, 3.63) is 70.3 Å². The first-order valence-corrected chi connectivity index (χ1v) is 7.95. The van der Waals surface area contributed by atoms with Gasteiger partial charge in [0.1, 0.15) is 18.5 Å². The fourth-order valence-electron chi connectivity index (χ4n) is 2.24. The Hall–Kier alpha value is -2.44. The number of aliphatic hydroxyl groups excluding tert-OH is 1. The molecule has 0 saturated carbocycles. The molecule has 0 aliphatic rings. The van der Waals surface area contributed by atoms with Gasteiger partial charge in [0.05, 0.1) is 4.92 Å². The Morgan fingerprint density at radius 3 is 2.50 bits per heavy atom. The smallest absolute Gasteiger partial charge is 0.269 e. The first kappa shape index (κ1) is 17.9. The second-order valence-corrected chi connectivity index (χ2v) is 5.51. The number of hydrogen-bond donors (Lipinski definition) is 2. The minimum absolute atomic E-state index is 0.110. The zero-order chi connectivity index (χ0) is 17.2. The van der Waals surface area contributed by atoms with Crippen LogP contribution in [0.1, 0.15) is 12.0 Å². The topological polar surface area (TPSA) is 84.6 Å². The fourth-order valence-corrected chi connectivity index (χ4v) is 2.24. The maximum atomic E-state index is 10.6. The van der Waals surface area contributed by atoms with Gasteiger partial charge in [-0.2, -0.15) is 0 Å². The average Bonchev–Trinajstić information content (AvgIpc) is 2.61. The van der Waals surface area contributed by atoms with Gasteiger partial charge in [-0.15, -0.1) is 0 Å². The second-order valence-electron chi connectivity index (χ2n) is 5.51. The average molecular weight is 330 g/mol. The van der Waals surface area contributed by atoms with Crippen molar-refractivity contribution < 1.29 is 14.8 Å². The van der Waals surface area contributed by atoms with Crippen LogP contribution in [0.3, 0.4) is 0 Å². The first-order chi connectivity index (χ1) is 11.6. The van der Waals surface area contributed by atoms with E-state index in [2.05, 4.69) is 5.32 Å². The summed E-state index contributed by atoms with van der Waals surface area (Å²) in [4.78, 5) is 10.2. The Morgan fingerprint density at radius 2 is 1.83 bits per heavy atom. The van der Waals surface area contributed by atoms with Gasteiger partial charge < -0.3 is 15.2 Å². The number of ether oxygens (including phenoxy) is 1. The lowest BCUT2D eigenvalue weighted by Crippen LogP contribution is -2.32. The maximum Gasteiger partial charge on any atom is 0.269 e. The van der Waals surface area contributed by atoms with E-state index in [4.69, 9.17) is 4.74 Å². The van der Waals surface area contributed by atoms with Crippen LogP contribution in [0.5, 0.6) is 5.75 Å². The van der Waals surface area contributed by atoms with Crippen molar-refractivity contribution >= 4 is 5.69 Å². The van der Waals surface area contributed by atoms with Gasteiger partial charge in [0.15, 0.2) is 0 Å². The van der Waals surface area contributed by atoms with E-state index in [9.17, 15) is 15.2 Å². The molecule has 0 aliphatic heterocycles. The van der Waals surface area contributed by atoms with Crippen molar-refractivity contribution in [1.29, 1.82) is 0 Å². The quantitative estimate of drug-likeness (QED) is 0.397. The van der Waals surface area contributed by atoms with E-state index < -0.39 is 11.0 Å². The number of para-hydroxylation sites is 1. The zero-order valence-corrected chi connectivity index (χ0v) is 13.4. The van der Waals surface area contributed by atoms with E-state index in [1.807, 2.05) is 30.3 Å². The highest BCUT2D eigenvalue weighted by Gasteiger charge is 2.05. The first-order valence-electron chi connectivity index (χ1n) is 7.95. The normalized spacial score (nSPS) is 11.9. The molecule has 24 heavy (non-hydrogen) atoms. The van der Waals surface area contributed by atoms with Crippen LogP contribution in [0.25, 0.3) is 0 Å². The van der Waals surface area contributed by atoms with Crippen LogP contribution >= 0.6 is 0 Å². The highest BCUT2D eigenvalue weighted by Crippen LogP contribution is 2.13. The van der Waals surface area contributed by atoms with E-state index >= 15 is 0 Å². The van der Waals surface area contributed by atoms with Crippen LogP contribution < -0.4 is 10.1 Å². The molecule has 0 aliphatic carbocycles. The molecule has 0 heterocycles. The van der Waals surface area contributed by atoms with Crippen molar-refractivity contribution in [1.82, 2.24) is 5.32 Å². The molecule has 6 nitrogen and oxygen atoms in total. The van der Waals surface area contributed by atoms with Gasteiger partial charge in [0.25, 0.3) is 5.69 Å². The van der Waals surface area contributed by atoms with E-state index in [1.54, 1.807) is 12.1 Å². The molecular formula is C18H22N2O4. The van der Waals surface area contributed by atoms with Crippen LogP contribution in [0.15, 0.2) is 54.6 Å². The highest BCUT2D eigenvalue weighted by molar-refractivity contribution is 5.32. The summed E-state index contributed by atoms with van der Waals surface area (Å²) >= 11 is 0. The van der Waals surface area contributed by atoms with Gasteiger partial charge in [-0.05, 0) is 37.1 Å². The number of nitro benzene ring substituents is 1. The minimum Gasteiger partial charge on any atom is -0.491 e. The summed E-state index contributed by atoms with van der Waals surface area (Å²) in [5, 5.41) is 23.6. The van der Waals surface area contributed by atoms with E-state index in [1.165, 1.54) is 12.1 Å². The van der Waals surface area contributed by atoms with Gasteiger partial charge in [-0.1, -0.05) is 30.3 Å². The van der Waals surface area contributed by atoms with Crippen LogP contribution in [0.4, 0.5) is 5.69 Å². The summed E-state index contributed by atoms with van der Waals surface area (Å²) in [6.07, 6.45) is 1.16. The molecule has 0 aromatic heterocycles. The third-order valence-corrected chi connectivity index (χ3v) is 3.53. The number of rotatable bonds is 10. The predicted octanol–water partition coefficient (Wildman–Crippen LogP) is 2.56. The second kappa shape index (κ2) is 9.64. The van der Waals surface area contributed by atoms with Crippen LogP contribution in [-0.2, 0) is 6.42 Å². The SMILES string of the molecule is O=[N+]([O-])c1ccc(CCCNCC(O)COc2ccccc2)cc1. The van der Waals surface area contributed by atoms with Crippen molar-refractivity contribution in [2.24, 2.45) is 0 Å². The molecule has 2 aromatic rings. The third kappa shape index (κ3) is 6.36. The lowest BCUT2D eigenvalue weighted by molar-refractivity contribution is -0.384. The molecule has 1 atom stereocenters. The van der Waals surface area contributed by atoms with Crippen molar-refractivity contribution in [3.8, 4) is 5.75 Å². The molecule has 128 valence electrons. The van der Waals surface area contributed by atoms with Crippen LogP contribution in [-0.4, -0.2) is 35.8 Å². The van der Waals surface area contributed by atoms with Crippen LogP contribution in [0.2, 0.25) is 0 Å². The van der Waals surface area contributed by atoms with Crippen molar-refractivity contribution in [3.63, 3.8) is 0 Å². The summed E-state index contributed by atoms with van der Waals surface area (Å²) < 4.78 is 5.48. The third-order valence-electron chi connectivity index (χ3n) is 3.53. The number of non-ortho nitro benzene ring substituents is 1. The van der Waals surface area contributed by atoms with Gasteiger partial charge in [-0.25, -0.2) is 0 Å². The summed E-state index contributed by atoms with van der Waals surface area (Å²) in [6, 6.07) is 16.0. The zero-order valence-electron chi connectivity index (χ0n) is 13.4. The fraction of sp³-hybridized carbons (Fsp3) is 0.333. The predicted molar refractivity (Wildman–Crippen MR) is 92.2 cm³/mol. The van der Waals surface area contributed by atoms with Gasteiger partial charge >= 0.3 is 0 Å². The standard InChI is InChI=1S/C18H22N2O4/c21-17(14-24-18-6-2-1-3-7-18)13-19-12-4-5-15-8-10-16(11-9-15)20(22)23/h1-3,6-11,17,19,21H,4-5,12-14H2. The monoisotopic (exact) mass is 330 g/mol. The summed E-state index contributed by atoms with van der Waals surface area (Å²) in [6.45, 7) is 1.48. The number of aryl methyl sites for hydroxylation is 1. The Kier molecular flexibility index (Phi) is 7.20. The molecule has 6 heteroatoms. The number of nitrogens with zero attached hydrogens (tertiary/aromatic N) is 1. The van der Waals surface area contributed by atoms with Crippen molar-refractivity contribution in [2.45, 2.75) is 18.9 Å². The Morgan fingerprint density at radius 1 is 1.12 bits per heavy atom. The molecule has 2 N–H and O–H groups in total. The number of nitro groups is 1. The molecule has 0 fully saturated rings. The van der Waals surface area contributed by atoms with E-state index in [0.717, 1.165) is 30.7 Å². The minimum atomic E-state index is -0.565. The summed E-state index contributed by atoms with van der Waals surface area (Å²) in [7, 11) is 0. The molecule has 0 bridgehead atoms. The lowest BCUT2D eigenvalue weighted by atomic mass is 10.1. The highest BCUT2D eigenvalue weighted by atomic mass is 16.6. The lowest BCUT2D eigenvalue weighted by Gasteiger charge is -2.13. The molecule has 2 rings (SSSR count). The van der Waals surface area contributed by atoms with Gasteiger partial charge in [-0.3, -0.25) is 10.1 Å². The number of hydrogen-bond acceptors (Lipinski definition) is 5.